The largest absolute Gasteiger partial charge is 0.318 e. The van der Waals surface area contributed by atoms with Crippen LogP contribution < -0.4 is 5.32 Å². The van der Waals surface area contributed by atoms with Crippen molar-refractivity contribution in [3.8, 4) is 0 Å². The predicted octanol–water partition coefficient (Wildman–Crippen LogP) is 5.47. The molecule has 0 aliphatic heterocycles. The number of carbonyl (C=O) groups excluding carboxylic acids is 1. The van der Waals surface area contributed by atoms with E-state index in [1.54, 1.807) is 18.2 Å². The van der Waals surface area contributed by atoms with E-state index in [1.807, 2.05) is 12.1 Å². The molecular formula is C18H12Cl2FN3OS. The Balaban J connectivity index is 1.73. The maximum Gasteiger partial charge on any atom is 0.276 e. The van der Waals surface area contributed by atoms with Crippen molar-refractivity contribution >= 4 is 46.6 Å². The Kier molecular flexibility index (Phi) is 6.08. The number of anilines is 1. The van der Waals surface area contributed by atoms with Gasteiger partial charge in [0.2, 0.25) is 0 Å². The maximum atomic E-state index is 13.7. The molecule has 4 nitrogen and oxygen atoms in total. The number of benzene rings is 2. The fraction of sp³-hybridized carbons (Fsp3) is 0.0556. The second-order valence-electron chi connectivity index (χ2n) is 5.20. The first-order valence-corrected chi connectivity index (χ1v) is 9.23. The van der Waals surface area contributed by atoms with Crippen molar-refractivity contribution in [2.75, 3.05) is 5.32 Å². The Morgan fingerprint density at radius 3 is 2.58 bits per heavy atom. The summed E-state index contributed by atoms with van der Waals surface area (Å²) in [7, 11) is 0. The molecule has 3 rings (SSSR count). The average molecular weight is 408 g/mol. The van der Waals surface area contributed by atoms with Crippen molar-refractivity contribution in [3.05, 3.63) is 81.8 Å². The smallest absolute Gasteiger partial charge is 0.276 e. The van der Waals surface area contributed by atoms with Gasteiger partial charge in [0.15, 0.2) is 10.9 Å². The summed E-state index contributed by atoms with van der Waals surface area (Å²) in [4.78, 5) is 20.7. The highest BCUT2D eigenvalue weighted by atomic mass is 35.5. The fourth-order valence-electron chi connectivity index (χ4n) is 2.05. The number of hydrogen-bond acceptors (Lipinski definition) is 4. The van der Waals surface area contributed by atoms with E-state index < -0.39 is 11.7 Å². The molecule has 0 saturated carbocycles. The lowest BCUT2D eigenvalue weighted by molar-refractivity contribution is 0.102. The minimum Gasteiger partial charge on any atom is -0.318 e. The van der Waals surface area contributed by atoms with Crippen LogP contribution in [0.25, 0.3) is 0 Å². The number of halogens is 3. The van der Waals surface area contributed by atoms with Gasteiger partial charge in [0, 0.05) is 10.8 Å². The molecule has 0 bridgehead atoms. The first kappa shape index (κ1) is 18.6. The predicted molar refractivity (Wildman–Crippen MR) is 102 cm³/mol. The Morgan fingerprint density at radius 1 is 1.12 bits per heavy atom. The standard InChI is InChI=1S/C18H12Cl2FN3OS/c19-12-7-5-11(6-8-12)10-26-18-22-9-13(20)16(24-18)17(25)23-15-4-2-1-3-14(15)21/h1-9H,10H2,(H,23,25). The van der Waals surface area contributed by atoms with E-state index in [0.29, 0.717) is 15.9 Å². The van der Waals surface area contributed by atoms with Gasteiger partial charge in [-0.3, -0.25) is 4.79 Å². The van der Waals surface area contributed by atoms with Crippen molar-refractivity contribution in [3.63, 3.8) is 0 Å². The maximum absolute atomic E-state index is 13.7. The minimum atomic E-state index is -0.601. The number of nitrogens with zero attached hydrogens (tertiary/aromatic N) is 2. The van der Waals surface area contributed by atoms with Gasteiger partial charge in [-0.1, -0.05) is 59.2 Å². The van der Waals surface area contributed by atoms with Crippen molar-refractivity contribution < 1.29 is 9.18 Å². The molecule has 0 aliphatic carbocycles. The van der Waals surface area contributed by atoms with Crippen molar-refractivity contribution in [2.24, 2.45) is 0 Å². The normalized spacial score (nSPS) is 10.6. The quantitative estimate of drug-likeness (QED) is 0.450. The molecule has 1 heterocycles. The summed E-state index contributed by atoms with van der Waals surface area (Å²) in [6.45, 7) is 0. The van der Waals surface area contributed by atoms with E-state index in [4.69, 9.17) is 23.2 Å². The first-order chi connectivity index (χ1) is 12.5. The molecule has 1 aromatic heterocycles. The van der Waals surface area contributed by atoms with Crippen LogP contribution in [0.2, 0.25) is 10.0 Å². The molecule has 0 spiro atoms. The highest BCUT2D eigenvalue weighted by Crippen LogP contribution is 2.23. The Hall–Kier alpha value is -2.15. The Bertz CT molecular complexity index is 938. The van der Waals surface area contributed by atoms with Crippen LogP contribution in [0.15, 0.2) is 59.9 Å². The number of rotatable bonds is 5. The summed E-state index contributed by atoms with van der Waals surface area (Å²) in [6, 6.07) is 13.3. The lowest BCUT2D eigenvalue weighted by Crippen LogP contribution is -2.16. The van der Waals surface area contributed by atoms with Crippen LogP contribution in [0, 0.1) is 5.82 Å². The van der Waals surface area contributed by atoms with E-state index >= 15 is 0 Å². The number of aromatic nitrogens is 2. The Morgan fingerprint density at radius 2 is 1.85 bits per heavy atom. The molecule has 3 aromatic rings. The molecule has 0 saturated heterocycles. The molecule has 1 amide bonds. The van der Waals surface area contributed by atoms with Gasteiger partial charge in [-0.25, -0.2) is 14.4 Å². The molecule has 26 heavy (non-hydrogen) atoms. The second kappa shape index (κ2) is 8.49. The summed E-state index contributed by atoms with van der Waals surface area (Å²) in [5, 5.41) is 3.61. The van der Waals surface area contributed by atoms with Crippen LogP contribution in [-0.2, 0) is 5.75 Å². The topological polar surface area (TPSA) is 54.9 Å². The van der Waals surface area contributed by atoms with E-state index in [1.165, 1.54) is 36.2 Å². The molecular weight excluding hydrogens is 396 g/mol. The molecule has 1 N–H and O–H groups in total. The van der Waals surface area contributed by atoms with Gasteiger partial charge < -0.3 is 5.32 Å². The number of thioether (sulfide) groups is 1. The van der Waals surface area contributed by atoms with Crippen molar-refractivity contribution in [1.82, 2.24) is 9.97 Å². The van der Waals surface area contributed by atoms with Gasteiger partial charge in [0.25, 0.3) is 5.91 Å². The highest BCUT2D eigenvalue weighted by molar-refractivity contribution is 7.98. The highest BCUT2D eigenvalue weighted by Gasteiger charge is 2.16. The van der Waals surface area contributed by atoms with Gasteiger partial charge >= 0.3 is 0 Å². The second-order valence-corrected chi connectivity index (χ2v) is 6.98. The number of carbonyl (C=O) groups is 1. The van der Waals surface area contributed by atoms with Gasteiger partial charge in [0.1, 0.15) is 5.82 Å². The molecule has 0 unspecified atom stereocenters. The van der Waals surface area contributed by atoms with E-state index in [-0.39, 0.29) is 16.4 Å². The van der Waals surface area contributed by atoms with E-state index in [2.05, 4.69) is 15.3 Å². The lowest BCUT2D eigenvalue weighted by Gasteiger charge is -2.08. The summed E-state index contributed by atoms with van der Waals surface area (Å²) in [5.41, 5.74) is 1.08. The first-order valence-electron chi connectivity index (χ1n) is 7.48. The zero-order chi connectivity index (χ0) is 18.5. The molecule has 0 aliphatic rings. The third kappa shape index (κ3) is 4.72. The van der Waals surface area contributed by atoms with Gasteiger partial charge in [-0.15, -0.1) is 0 Å². The van der Waals surface area contributed by atoms with Gasteiger partial charge in [-0.05, 0) is 29.8 Å². The van der Waals surface area contributed by atoms with Crippen LogP contribution in [0.4, 0.5) is 10.1 Å². The molecule has 132 valence electrons. The summed E-state index contributed by atoms with van der Waals surface area (Å²) in [5.74, 6) is -0.535. The summed E-state index contributed by atoms with van der Waals surface area (Å²) < 4.78 is 13.7. The number of nitrogens with one attached hydrogen (secondary N) is 1. The molecule has 8 heteroatoms. The Labute approximate surface area is 163 Å². The monoisotopic (exact) mass is 407 g/mol. The van der Waals surface area contributed by atoms with E-state index in [0.717, 1.165) is 5.56 Å². The fourth-order valence-corrected chi connectivity index (χ4v) is 3.13. The minimum absolute atomic E-state index is 0.0106. The third-order valence-corrected chi connectivity index (χ3v) is 4.80. The SMILES string of the molecule is O=C(Nc1ccccc1F)c1nc(SCc2ccc(Cl)cc2)ncc1Cl. The molecule has 0 atom stereocenters. The van der Waals surface area contributed by atoms with Crippen molar-refractivity contribution in [1.29, 1.82) is 0 Å². The van der Waals surface area contributed by atoms with Gasteiger partial charge in [0.05, 0.1) is 16.9 Å². The molecule has 2 aromatic carbocycles. The van der Waals surface area contributed by atoms with Crippen LogP contribution in [-0.4, -0.2) is 15.9 Å². The third-order valence-electron chi connectivity index (χ3n) is 3.34. The number of amides is 1. The van der Waals surface area contributed by atoms with Gasteiger partial charge in [-0.2, -0.15) is 0 Å². The van der Waals surface area contributed by atoms with Crippen LogP contribution in [0.3, 0.4) is 0 Å². The van der Waals surface area contributed by atoms with Crippen LogP contribution >= 0.6 is 35.0 Å². The van der Waals surface area contributed by atoms with Crippen LogP contribution in [0.1, 0.15) is 16.1 Å². The average Bonchev–Trinajstić information content (AvgIpc) is 2.64. The van der Waals surface area contributed by atoms with Crippen molar-refractivity contribution in [2.45, 2.75) is 10.9 Å². The molecule has 0 fully saturated rings. The van der Waals surface area contributed by atoms with E-state index in [9.17, 15) is 9.18 Å². The number of para-hydroxylation sites is 1. The molecule has 0 radical (unpaired) electrons. The number of hydrogen-bond donors (Lipinski definition) is 1. The zero-order valence-electron chi connectivity index (χ0n) is 13.2. The zero-order valence-corrected chi connectivity index (χ0v) is 15.6. The summed E-state index contributed by atoms with van der Waals surface area (Å²) in [6.07, 6.45) is 1.36. The van der Waals surface area contributed by atoms with Crippen LogP contribution in [0.5, 0.6) is 0 Å². The lowest BCUT2D eigenvalue weighted by atomic mass is 10.2. The summed E-state index contributed by atoms with van der Waals surface area (Å²) >= 11 is 13.2.